The maximum absolute atomic E-state index is 13.1. The summed E-state index contributed by atoms with van der Waals surface area (Å²) in [5.74, 6) is 2.84. The quantitative estimate of drug-likeness (QED) is 0.179. The minimum atomic E-state index is -1.09. The van der Waals surface area contributed by atoms with Crippen molar-refractivity contribution >= 4 is 23.3 Å². The van der Waals surface area contributed by atoms with Crippen molar-refractivity contribution < 1.29 is 28.8 Å². The van der Waals surface area contributed by atoms with Gasteiger partial charge >= 0.3 is 5.97 Å². The number of carboxylic acids is 1. The van der Waals surface area contributed by atoms with Crippen LogP contribution in [0.5, 0.6) is 17.2 Å². The van der Waals surface area contributed by atoms with Gasteiger partial charge in [0, 0.05) is 54.8 Å². The Labute approximate surface area is 319 Å². The van der Waals surface area contributed by atoms with Crippen molar-refractivity contribution in [3.63, 3.8) is 0 Å². The molecule has 7 rings (SSSR count). The van der Waals surface area contributed by atoms with Crippen LogP contribution in [0.1, 0.15) is 93.5 Å². The molecular formula is C43H56ClN3O6. The van der Waals surface area contributed by atoms with Crippen molar-refractivity contribution in [2.45, 2.75) is 101 Å². The molecule has 2 heterocycles. The zero-order valence-electron chi connectivity index (χ0n) is 31.8. The molecule has 0 radical (unpaired) electrons. The molecular weight excluding hydrogens is 690 g/mol. The number of aliphatic carboxylic acids is 1. The first-order chi connectivity index (χ1) is 25.6. The number of halogens is 1. The largest absolute Gasteiger partial charge is 0.493 e. The Bertz CT molecular complexity index is 1760. The van der Waals surface area contributed by atoms with Crippen molar-refractivity contribution in [3.05, 3.63) is 76.1 Å². The number of carboxylic acid groups (broad SMARTS) is 1. The summed E-state index contributed by atoms with van der Waals surface area (Å²) in [5, 5.41) is 14.7. The van der Waals surface area contributed by atoms with Crippen molar-refractivity contribution in [3.8, 4) is 17.2 Å². The molecule has 2 unspecified atom stereocenters. The molecule has 2 N–H and O–H groups in total. The number of pyridine rings is 1. The summed E-state index contributed by atoms with van der Waals surface area (Å²) in [4.78, 5) is 20.0. The molecule has 2 aromatic carbocycles. The zero-order valence-corrected chi connectivity index (χ0v) is 32.6. The van der Waals surface area contributed by atoms with E-state index in [1.807, 2.05) is 36.5 Å². The van der Waals surface area contributed by atoms with Crippen LogP contribution < -0.4 is 19.5 Å². The van der Waals surface area contributed by atoms with Gasteiger partial charge in [0.1, 0.15) is 17.4 Å². The van der Waals surface area contributed by atoms with Crippen LogP contribution in [0, 0.1) is 11.8 Å². The van der Waals surface area contributed by atoms with E-state index in [4.69, 9.17) is 30.5 Å². The Morgan fingerprint density at radius 1 is 1.15 bits per heavy atom. The SMILES string of the molecule is COCCN(C)CC1CCOc2cc3c(cc2O1)C1(CCC(Nc2cccc(Cl)c2)(C(=O)O)CC1)C(C[C@@H](C)COc1ccnc2c1[C@H](C)CCC2)C3. The van der Waals surface area contributed by atoms with Gasteiger partial charge in [-0.2, -0.15) is 0 Å². The fraction of sp³-hybridized carbons (Fsp3) is 0.581. The molecule has 0 bridgehead atoms. The van der Waals surface area contributed by atoms with E-state index < -0.39 is 11.5 Å². The highest BCUT2D eigenvalue weighted by Crippen LogP contribution is 2.58. The maximum atomic E-state index is 13.1. The van der Waals surface area contributed by atoms with Crippen LogP contribution in [0.4, 0.5) is 5.69 Å². The monoisotopic (exact) mass is 745 g/mol. The van der Waals surface area contributed by atoms with Gasteiger partial charge in [-0.1, -0.05) is 31.5 Å². The molecule has 3 aromatic rings. The van der Waals surface area contributed by atoms with Crippen molar-refractivity contribution in [1.29, 1.82) is 0 Å². The summed E-state index contributed by atoms with van der Waals surface area (Å²) in [6, 6.07) is 13.9. The second kappa shape index (κ2) is 16.1. The molecule has 9 nitrogen and oxygen atoms in total. The number of nitrogens with zero attached hydrogens (tertiary/aromatic N) is 2. The fourth-order valence-electron chi connectivity index (χ4n) is 9.67. The third-order valence-corrected chi connectivity index (χ3v) is 12.8. The van der Waals surface area contributed by atoms with Crippen molar-refractivity contribution in [2.75, 3.05) is 52.4 Å². The second-order valence-electron chi connectivity index (χ2n) is 16.3. The number of anilines is 1. The van der Waals surface area contributed by atoms with Crippen LogP contribution in [0.3, 0.4) is 0 Å². The predicted octanol–water partition coefficient (Wildman–Crippen LogP) is 8.31. The third-order valence-electron chi connectivity index (χ3n) is 12.5. The first-order valence-corrected chi connectivity index (χ1v) is 20.0. The van der Waals surface area contributed by atoms with E-state index >= 15 is 0 Å². The highest BCUT2D eigenvalue weighted by Gasteiger charge is 2.54. The molecule has 3 aliphatic carbocycles. The molecule has 0 saturated heterocycles. The van der Waals surface area contributed by atoms with Crippen molar-refractivity contribution in [1.82, 2.24) is 9.88 Å². The molecule has 4 atom stereocenters. The Kier molecular flexibility index (Phi) is 11.4. The number of aryl methyl sites for hydroxylation is 1. The topological polar surface area (TPSA) is 102 Å². The number of methoxy groups -OCH3 is 1. The van der Waals surface area contributed by atoms with Gasteiger partial charge in [-0.3, -0.25) is 4.98 Å². The molecule has 1 fully saturated rings. The minimum absolute atomic E-state index is 0.00367. The summed E-state index contributed by atoms with van der Waals surface area (Å²) >= 11 is 6.32. The van der Waals surface area contributed by atoms with Gasteiger partial charge < -0.3 is 34.3 Å². The lowest BCUT2D eigenvalue weighted by Gasteiger charge is -2.47. The van der Waals surface area contributed by atoms with E-state index in [1.54, 1.807) is 7.11 Å². The third kappa shape index (κ3) is 7.99. The molecule has 0 amide bonds. The number of rotatable bonds is 13. The minimum Gasteiger partial charge on any atom is -0.493 e. The number of likely N-dealkylation sites (N-methyl/N-ethyl adjacent to an activating group) is 1. The average Bonchev–Trinajstić information content (AvgIpc) is 3.26. The van der Waals surface area contributed by atoms with Gasteiger partial charge in [0.2, 0.25) is 0 Å². The molecule has 286 valence electrons. The van der Waals surface area contributed by atoms with Gasteiger partial charge in [-0.15, -0.1) is 0 Å². The van der Waals surface area contributed by atoms with E-state index in [-0.39, 0.29) is 11.5 Å². The number of fused-ring (bicyclic) bond motifs is 4. The zero-order chi connectivity index (χ0) is 37.2. The summed E-state index contributed by atoms with van der Waals surface area (Å²) in [7, 11) is 3.82. The van der Waals surface area contributed by atoms with Gasteiger partial charge in [-0.05, 0) is 136 Å². The summed E-state index contributed by atoms with van der Waals surface area (Å²) in [6.45, 7) is 8.10. The fourth-order valence-corrected chi connectivity index (χ4v) is 9.86. The Morgan fingerprint density at radius 2 is 1.98 bits per heavy atom. The van der Waals surface area contributed by atoms with Gasteiger partial charge in [-0.25, -0.2) is 4.79 Å². The molecule has 53 heavy (non-hydrogen) atoms. The molecule has 1 saturated carbocycles. The number of aromatic nitrogens is 1. The van der Waals surface area contributed by atoms with Crippen LogP contribution in [-0.2, 0) is 27.8 Å². The van der Waals surface area contributed by atoms with Crippen LogP contribution in [-0.4, -0.2) is 79.7 Å². The van der Waals surface area contributed by atoms with Crippen LogP contribution in [0.2, 0.25) is 5.02 Å². The van der Waals surface area contributed by atoms with Crippen LogP contribution >= 0.6 is 11.6 Å². The van der Waals surface area contributed by atoms with Gasteiger partial charge in [0.05, 0.1) is 19.8 Å². The highest BCUT2D eigenvalue weighted by molar-refractivity contribution is 6.30. The van der Waals surface area contributed by atoms with E-state index in [1.165, 1.54) is 35.2 Å². The van der Waals surface area contributed by atoms with E-state index in [0.29, 0.717) is 55.4 Å². The normalized spacial score (nSPS) is 26.8. The number of ether oxygens (including phenoxy) is 4. The van der Waals surface area contributed by atoms with Crippen LogP contribution in [0.15, 0.2) is 48.7 Å². The van der Waals surface area contributed by atoms with Crippen LogP contribution in [0.25, 0.3) is 0 Å². The predicted molar refractivity (Wildman–Crippen MR) is 208 cm³/mol. The number of hydrogen-bond acceptors (Lipinski definition) is 8. The average molecular weight is 746 g/mol. The van der Waals surface area contributed by atoms with E-state index in [2.05, 4.69) is 48.2 Å². The first kappa shape index (κ1) is 37.8. The molecule has 1 aromatic heterocycles. The Balaban J connectivity index is 1.15. The Hall–Kier alpha value is -3.53. The first-order valence-electron chi connectivity index (χ1n) is 19.6. The highest BCUT2D eigenvalue weighted by atomic mass is 35.5. The lowest BCUT2D eigenvalue weighted by Crippen LogP contribution is -2.53. The summed E-state index contributed by atoms with van der Waals surface area (Å²) in [6.07, 6.45) is 10.4. The van der Waals surface area contributed by atoms with Gasteiger partial charge in [0.15, 0.2) is 11.5 Å². The van der Waals surface area contributed by atoms with Crippen molar-refractivity contribution in [2.24, 2.45) is 11.8 Å². The Morgan fingerprint density at radius 3 is 2.75 bits per heavy atom. The molecule has 1 spiro atoms. The number of benzene rings is 2. The lowest BCUT2D eigenvalue weighted by atomic mass is 9.59. The summed E-state index contributed by atoms with van der Waals surface area (Å²) in [5.41, 5.74) is 4.51. The second-order valence-corrected chi connectivity index (χ2v) is 16.7. The van der Waals surface area contributed by atoms with E-state index in [0.717, 1.165) is 74.6 Å². The smallest absolute Gasteiger partial charge is 0.329 e. The van der Waals surface area contributed by atoms with Gasteiger partial charge in [0.25, 0.3) is 0 Å². The number of hydrogen-bond donors (Lipinski definition) is 2. The number of carbonyl (C=O) groups is 1. The lowest BCUT2D eigenvalue weighted by molar-refractivity contribution is -0.144. The van der Waals surface area contributed by atoms with E-state index in [9.17, 15) is 9.90 Å². The molecule has 1 aliphatic heterocycles. The maximum Gasteiger partial charge on any atom is 0.329 e. The molecule has 4 aliphatic rings. The number of nitrogens with one attached hydrogen (secondary N) is 1. The summed E-state index contributed by atoms with van der Waals surface area (Å²) < 4.78 is 25.0. The standard InChI is InChI=1S/C43H56ClN3O6/c1-28(27-52-37-11-17-45-36-10-5-7-29(2)40(36)37)21-31-22-30-23-38-39(53-34(12-19-51-38)26-47(3)18-20-50-4)25-35(30)42(31)13-15-43(16-14-42,41(48)49)46-33-9-6-8-32(44)24-33/h6,8-9,11,17,23-25,28-29,31,34,46H,5,7,10,12-16,18-22,26-27H2,1-4H3,(H,48,49)/t28-,29-,31?,34?,42?,43?/m1/s1. The molecule has 10 heteroatoms.